The second-order valence-electron chi connectivity index (χ2n) is 9.36. The molecule has 0 N–H and O–H groups in total. The van der Waals surface area contributed by atoms with Gasteiger partial charge in [-0.05, 0) is 54.2 Å². The number of rotatable bonds is 10. The lowest BCUT2D eigenvalue weighted by atomic mass is 9.93. The highest BCUT2D eigenvalue weighted by atomic mass is 19.2. The summed E-state index contributed by atoms with van der Waals surface area (Å²) >= 11 is 0. The molecule has 1 fully saturated rings. The maximum Gasteiger partial charge on any atom is 0.201 e. The van der Waals surface area contributed by atoms with Crippen molar-refractivity contribution in [3.8, 4) is 28.0 Å². The highest BCUT2D eigenvalue weighted by Crippen LogP contribution is 2.35. The summed E-state index contributed by atoms with van der Waals surface area (Å²) in [5.41, 5.74) is 2.57. The minimum absolute atomic E-state index is 0.0755. The molecule has 3 aromatic rings. The summed E-state index contributed by atoms with van der Waals surface area (Å²) in [6, 6.07) is 14.9. The van der Waals surface area contributed by atoms with E-state index in [9.17, 15) is 13.2 Å². The monoisotopic (exact) mass is 494 g/mol. The summed E-state index contributed by atoms with van der Waals surface area (Å²) < 4.78 is 55.7. The van der Waals surface area contributed by atoms with Crippen LogP contribution in [-0.2, 0) is 4.74 Å². The van der Waals surface area contributed by atoms with E-state index in [1.54, 1.807) is 30.3 Å². The van der Waals surface area contributed by atoms with Crippen molar-refractivity contribution in [2.75, 3.05) is 13.2 Å². The molecule has 0 spiro atoms. The van der Waals surface area contributed by atoms with Gasteiger partial charge in [0.1, 0.15) is 5.82 Å². The van der Waals surface area contributed by atoms with Gasteiger partial charge in [-0.2, -0.15) is 4.39 Å². The number of benzene rings is 3. The Kier molecular flexibility index (Phi) is 8.87. The smallest absolute Gasteiger partial charge is 0.201 e. The second-order valence-corrected chi connectivity index (χ2v) is 9.36. The van der Waals surface area contributed by atoms with Gasteiger partial charge >= 0.3 is 0 Å². The van der Waals surface area contributed by atoms with Crippen LogP contribution in [0.2, 0.25) is 0 Å². The molecule has 3 aromatic carbocycles. The molecule has 0 radical (unpaired) electrons. The SMILES string of the molecule is C=CC1CCC(c2ccc(-c3ccc(-c4ccc(OCCCCCC)c(F)c4F)cc3)c(F)c2)OC1. The normalized spacial score (nSPS) is 17.7. The van der Waals surface area contributed by atoms with E-state index in [1.807, 2.05) is 12.1 Å². The summed E-state index contributed by atoms with van der Waals surface area (Å²) in [5.74, 6) is -2.00. The van der Waals surface area contributed by atoms with E-state index in [0.29, 0.717) is 35.8 Å². The van der Waals surface area contributed by atoms with Crippen molar-refractivity contribution in [2.45, 2.75) is 51.6 Å². The molecule has 0 amide bonds. The first-order valence-electron chi connectivity index (χ1n) is 12.8. The Hall–Kier alpha value is -3.05. The number of hydrogen-bond donors (Lipinski definition) is 0. The van der Waals surface area contributed by atoms with Crippen LogP contribution in [0.15, 0.2) is 67.3 Å². The Balaban J connectivity index is 1.45. The van der Waals surface area contributed by atoms with E-state index in [-0.39, 0.29) is 23.2 Å². The van der Waals surface area contributed by atoms with Crippen LogP contribution >= 0.6 is 0 Å². The van der Waals surface area contributed by atoms with Gasteiger partial charge in [-0.1, -0.05) is 68.7 Å². The molecule has 4 rings (SSSR count). The molecule has 0 aliphatic carbocycles. The van der Waals surface area contributed by atoms with Crippen molar-refractivity contribution in [1.29, 1.82) is 0 Å². The Morgan fingerprint density at radius 2 is 1.61 bits per heavy atom. The molecular weight excluding hydrogens is 461 g/mol. The van der Waals surface area contributed by atoms with Crippen molar-refractivity contribution in [3.05, 3.63) is 90.3 Å². The predicted molar refractivity (Wildman–Crippen MR) is 138 cm³/mol. The van der Waals surface area contributed by atoms with Crippen molar-refractivity contribution in [1.82, 2.24) is 0 Å². The largest absolute Gasteiger partial charge is 0.490 e. The van der Waals surface area contributed by atoms with Crippen LogP contribution in [0, 0.1) is 23.4 Å². The second kappa shape index (κ2) is 12.3. The van der Waals surface area contributed by atoms with Crippen LogP contribution in [0.3, 0.4) is 0 Å². The first kappa shape index (κ1) is 26.0. The van der Waals surface area contributed by atoms with Crippen LogP contribution in [-0.4, -0.2) is 13.2 Å². The van der Waals surface area contributed by atoms with Crippen LogP contribution < -0.4 is 4.74 Å². The Morgan fingerprint density at radius 3 is 2.25 bits per heavy atom. The van der Waals surface area contributed by atoms with E-state index in [1.165, 1.54) is 18.2 Å². The maximum atomic E-state index is 15.0. The van der Waals surface area contributed by atoms with E-state index in [0.717, 1.165) is 44.1 Å². The average molecular weight is 495 g/mol. The lowest BCUT2D eigenvalue weighted by molar-refractivity contribution is -0.00528. The maximum absolute atomic E-state index is 15.0. The van der Waals surface area contributed by atoms with E-state index in [4.69, 9.17) is 9.47 Å². The quantitative estimate of drug-likeness (QED) is 0.207. The van der Waals surface area contributed by atoms with Crippen LogP contribution in [0.5, 0.6) is 5.75 Å². The Morgan fingerprint density at radius 1 is 0.889 bits per heavy atom. The molecule has 0 bridgehead atoms. The summed E-state index contributed by atoms with van der Waals surface area (Å²) in [6.45, 7) is 6.88. The zero-order valence-corrected chi connectivity index (χ0v) is 20.7. The molecule has 2 nitrogen and oxygen atoms in total. The molecule has 1 aliphatic rings. The Bertz CT molecular complexity index is 1170. The van der Waals surface area contributed by atoms with Gasteiger partial charge in [0, 0.05) is 17.0 Å². The molecule has 1 heterocycles. The topological polar surface area (TPSA) is 18.5 Å². The molecule has 1 saturated heterocycles. The third-order valence-corrected chi connectivity index (χ3v) is 6.82. The fraction of sp³-hybridized carbons (Fsp3) is 0.355. The van der Waals surface area contributed by atoms with Crippen molar-refractivity contribution in [2.24, 2.45) is 5.92 Å². The summed E-state index contributed by atoms with van der Waals surface area (Å²) in [7, 11) is 0. The van der Waals surface area contributed by atoms with E-state index < -0.39 is 11.6 Å². The lowest BCUT2D eigenvalue weighted by Gasteiger charge is -2.27. The molecular formula is C31H33F3O2. The zero-order valence-electron chi connectivity index (χ0n) is 20.7. The predicted octanol–water partition coefficient (Wildman–Crippen LogP) is 9.05. The van der Waals surface area contributed by atoms with E-state index >= 15 is 0 Å². The van der Waals surface area contributed by atoms with Gasteiger partial charge in [-0.25, -0.2) is 8.78 Å². The molecule has 36 heavy (non-hydrogen) atoms. The number of unbranched alkanes of at least 4 members (excludes halogenated alkanes) is 3. The fourth-order valence-electron chi connectivity index (χ4n) is 4.59. The molecule has 5 heteroatoms. The number of halogens is 3. The molecule has 1 aliphatic heterocycles. The van der Waals surface area contributed by atoms with Gasteiger partial charge in [-0.3, -0.25) is 0 Å². The highest BCUT2D eigenvalue weighted by molar-refractivity contribution is 5.71. The van der Waals surface area contributed by atoms with Gasteiger partial charge in [0.15, 0.2) is 11.6 Å². The van der Waals surface area contributed by atoms with Crippen LogP contribution in [0.4, 0.5) is 13.2 Å². The van der Waals surface area contributed by atoms with E-state index in [2.05, 4.69) is 13.5 Å². The van der Waals surface area contributed by atoms with Crippen molar-refractivity contribution >= 4 is 0 Å². The van der Waals surface area contributed by atoms with Gasteiger partial charge in [0.05, 0.1) is 19.3 Å². The third-order valence-electron chi connectivity index (χ3n) is 6.82. The lowest BCUT2D eigenvalue weighted by Crippen LogP contribution is -2.19. The minimum atomic E-state index is -0.988. The standard InChI is InChI=1S/C31H33F3O2/c1-3-5-6-7-18-35-29-17-15-26(30(33)31(29)34)23-11-9-22(10-12-23)25-14-13-24(19-27(25)32)28-16-8-21(4-2)20-36-28/h4,9-15,17,19,21,28H,2-3,5-8,16,18,20H2,1H3. The van der Waals surface area contributed by atoms with Gasteiger partial charge < -0.3 is 9.47 Å². The first-order chi connectivity index (χ1) is 17.5. The molecule has 190 valence electrons. The molecule has 2 atom stereocenters. The van der Waals surface area contributed by atoms with Gasteiger partial charge in [0.25, 0.3) is 0 Å². The van der Waals surface area contributed by atoms with Gasteiger partial charge in [0.2, 0.25) is 5.82 Å². The highest BCUT2D eigenvalue weighted by Gasteiger charge is 2.22. The third kappa shape index (κ3) is 6.01. The number of hydrogen-bond acceptors (Lipinski definition) is 2. The molecule has 0 saturated carbocycles. The summed E-state index contributed by atoms with van der Waals surface area (Å²) in [6.07, 6.45) is 7.58. The summed E-state index contributed by atoms with van der Waals surface area (Å²) in [5, 5.41) is 0. The fourth-order valence-corrected chi connectivity index (χ4v) is 4.59. The van der Waals surface area contributed by atoms with Gasteiger partial charge in [-0.15, -0.1) is 6.58 Å². The number of ether oxygens (including phenoxy) is 2. The summed E-state index contributed by atoms with van der Waals surface area (Å²) in [4.78, 5) is 0. The van der Waals surface area contributed by atoms with Crippen LogP contribution in [0.1, 0.15) is 57.1 Å². The molecule has 2 unspecified atom stereocenters. The average Bonchev–Trinajstić information content (AvgIpc) is 2.91. The molecule has 0 aromatic heterocycles. The Labute approximate surface area is 211 Å². The first-order valence-corrected chi connectivity index (χ1v) is 12.8. The zero-order chi connectivity index (χ0) is 25.5. The minimum Gasteiger partial charge on any atom is -0.490 e. The van der Waals surface area contributed by atoms with Crippen molar-refractivity contribution < 1.29 is 22.6 Å². The van der Waals surface area contributed by atoms with Crippen molar-refractivity contribution in [3.63, 3.8) is 0 Å². The van der Waals surface area contributed by atoms with Crippen LogP contribution in [0.25, 0.3) is 22.3 Å².